The zero-order valence-corrected chi connectivity index (χ0v) is 28.9. The van der Waals surface area contributed by atoms with Crippen molar-refractivity contribution in [2.75, 3.05) is 0 Å². The number of hydrogen-bond acceptors (Lipinski definition) is 0. The van der Waals surface area contributed by atoms with Gasteiger partial charge in [-0.25, -0.2) is 0 Å². The SMILES string of the molecule is c1ccc(-c2cc(-n3ccc4ccc5c6ccccc6n(-c6ccccc6)c5c43)cc(-n3c4ccccc4c4ccc(-c5ccccc5)cc43)c2)cc1. The number of hydrogen-bond donors (Lipinski definition) is 0. The predicted octanol–water partition coefficient (Wildman–Crippen LogP) is 13.2. The van der Waals surface area contributed by atoms with Crippen LogP contribution in [0, 0.1) is 0 Å². The van der Waals surface area contributed by atoms with Crippen LogP contribution in [0.25, 0.3) is 93.8 Å². The molecule has 53 heavy (non-hydrogen) atoms. The minimum Gasteiger partial charge on any atom is -0.315 e. The molecule has 3 aromatic heterocycles. The van der Waals surface area contributed by atoms with Crippen LogP contribution in [0.5, 0.6) is 0 Å². The van der Waals surface area contributed by atoms with Crippen molar-refractivity contribution in [3.63, 3.8) is 0 Å². The summed E-state index contributed by atoms with van der Waals surface area (Å²) in [4.78, 5) is 0. The summed E-state index contributed by atoms with van der Waals surface area (Å²) in [6, 6.07) is 70.5. The molecule has 3 heteroatoms. The Labute approximate surface area is 306 Å². The number of rotatable bonds is 5. The second-order valence-corrected chi connectivity index (χ2v) is 13.8. The molecule has 0 bridgehead atoms. The fourth-order valence-corrected chi connectivity index (χ4v) is 8.45. The van der Waals surface area contributed by atoms with Gasteiger partial charge in [-0.3, -0.25) is 0 Å². The van der Waals surface area contributed by atoms with Gasteiger partial charge in [0.15, 0.2) is 0 Å². The number of nitrogens with zero attached hydrogens (tertiary/aromatic N) is 3. The lowest BCUT2D eigenvalue weighted by Crippen LogP contribution is -2.01. The molecule has 0 amide bonds. The van der Waals surface area contributed by atoms with Gasteiger partial charge >= 0.3 is 0 Å². The molecule has 0 spiro atoms. The first-order valence-corrected chi connectivity index (χ1v) is 18.2. The number of fused-ring (bicyclic) bond motifs is 8. The van der Waals surface area contributed by atoms with E-state index >= 15 is 0 Å². The van der Waals surface area contributed by atoms with Crippen molar-refractivity contribution in [1.82, 2.24) is 13.7 Å². The maximum atomic E-state index is 2.45. The molecule has 0 fully saturated rings. The summed E-state index contributed by atoms with van der Waals surface area (Å²) in [6.07, 6.45) is 2.24. The second-order valence-electron chi connectivity index (χ2n) is 13.8. The van der Waals surface area contributed by atoms with Crippen LogP contribution in [0.4, 0.5) is 0 Å². The average Bonchev–Trinajstić information content (AvgIpc) is 3.92. The van der Waals surface area contributed by atoms with Gasteiger partial charge in [-0.2, -0.15) is 0 Å². The summed E-state index contributed by atoms with van der Waals surface area (Å²) >= 11 is 0. The lowest BCUT2D eigenvalue weighted by atomic mass is 10.0. The first-order chi connectivity index (χ1) is 26.3. The van der Waals surface area contributed by atoms with E-state index in [1.807, 2.05) is 0 Å². The summed E-state index contributed by atoms with van der Waals surface area (Å²) in [5.41, 5.74) is 14.1. The second kappa shape index (κ2) is 11.7. The Morgan fingerprint density at radius 3 is 1.58 bits per heavy atom. The number of benzene rings is 8. The largest absolute Gasteiger partial charge is 0.315 e. The van der Waals surface area contributed by atoms with E-state index in [2.05, 4.69) is 214 Å². The minimum atomic E-state index is 1.11. The van der Waals surface area contributed by atoms with Crippen molar-refractivity contribution in [3.8, 4) is 39.3 Å². The van der Waals surface area contributed by atoms with Gasteiger partial charge in [-0.1, -0.05) is 140 Å². The predicted molar refractivity (Wildman–Crippen MR) is 223 cm³/mol. The van der Waals surface area contributed by atoms with Crippen LogP contribution in [0.1, 0.15) is 0 Å². The Kier molecular flexibility index (Phi) is 6.55. The van der Waals surface area contributed by atoms with Crippen molar-refractivity contribution in [2.24, 2.45) is 0 Å². The molecule has 0 unspecified atom stereocenters. The third-order valence-corrected chi connectivity index (χ3v) is 10.8. The lowest BCUT2D eigenvalue weighted by Gasteiger charge is -2.16. The Morgan fingerprint density at radius 2 is 0.849 bits per heavy atom. The van der Waals surface area contributed by atoms with Gasteiger partial charge in [0.05, 0.1) is 27.6 Å². The van der Waals surface area contributed by atoms with E-state index in [1.165, 1.54) is 76.8 Å². The summed E-state index contributed by atoms with van der Waals surface area (Å²) in [5.74, 6) is 0. The summed E-state index contributed by atoms with van der Waals surface area (Å²) in [6.45, 7) is 0. The molecule has 0 saturated heterocycles. The Balaban J connectivity index is 1.24. The Morgan fingerprint density at radius 1 is 0.283 bits per heavy atom. The van der Waals surface area contributed by atoms with E-state index in [1.54, 1.807) is 0 Å². The van der Waals surface area contributed by atoms with Gasteiger partial charge in [-0.05, 0) is 76.9 Å². The molecule has 11 rings (SSSR count). The van der Waals surface area contributed by atoms with Crippen molar-refractivity contribution >= 4 is 54.5 Å². The summed E-state index contributed by atoms with van der Waals surface area (Å²) in [5, 5.41) is 6.18. The van der Waals surface area contributed by atoms with Gasteiger partial charge in [0.1, 0.15) is 0 Å². The standard InChI is InChI=1S/C50H33N3/c1-4-14-34(15-5-1)37-25-26-44-42-20-10-12-22-46(42)52(48(44)32-37)41-31-38(35-16-6-2-7-17-35)30-40(33-41)51-29-28-36-24-27-45-43-21-11-13-23-47(43)53(50(45)49(36)51)39-18-8-3-9-19-39/h1-33H. The molecule has 0 atom stereocenters. The lowest BCUT2D eigenvalue weighted by molar-refractivity contribution is 1.10. The van der Waals surface area contributed by atoms with Crippen LogP contribution in [0.15, 0.2) is 200 Å². The number of aromatic nitrogens is 3. The molecular formula is C50H33N3. The maximum absolute atomic E-state index is 2.45. The van der Waals surface area contributed by atoms with Crippen LogP contribution in [-0.2, 0) is 0 Å². The van der Waals surface area contributed by atoms with Crippen molar-refractivity contribution < 1.29 is 0 Å². The fourth-order valence-electron chi connectivity index (χ4n) is 8.45. The molecule has 0 aliphatic rings. The zero-order chi connectivity index (χ0) is 34.9. The molecule has 11 aromatic rings. The molecule has 0 N–H and O–H groups in total. The van der Waals surface area contributed by atoms with E-state index in [0.717, 1.165) is 17.1 Å². The Bertz CT molecular complexity index is 3150. The molecule has 0 aliphatic heterocycles. The molecule has 3 heterocycles. The van der Waals surface area contributed by atoms with Crippen molar-refractivity contribution in [2.45, 2.75) is 0 Å². The highest BCUT2D eigenvalue weighted by molar-refractivity contribution is 6.18. The highest BCUT2D eigenvalue weighted by Gasteiger charge is 2.20. The number of para-hydroxylation sites is 3. The quantitative estimate of drug-likeness (QED) is 0.172. The van der Waals surface area contributed by atoms with Gasteiger partial charge in [0.25, 0.3) is 0 Å². The highest BCUT2D eigenvalue weighted by atomic mass is 15.0. The van der Waals surface area contributed by atoms with Gasteiger partial charge in [-0.15, -0.1) is 0 Å². The zero-order valence-electron chi connectivity index (χ0n) is 28.9. The third kappa shape index (κ3) is 4.61. The van der Waals surface area contributed by atoms with Crippen molar-refractivity contribution in [3.05, 3.63) is 200 Å². The normalized spacial score (nSPS) is 11.8. The van der Waals surface area contributed by atoms with Crippen LogP contribution in [0.2, 0.25) is 0 Å². The first kappa shape index (κ1) is 29.6. The fraction of sp³-hybridized carbons (Fsp3) is 0. The Hall–Kier alpha value is -7.10. The maximum Gasteiger partial charge on any atom is 0.0788 e. The highest BCUT2D eigenvalue weighted by Crippen LogP contribution is 2.40. The van der Waals surface area contributed by atoms with E-state index < -0.39 is 0 Å². The van der Waals surface area contributed by atoms with E-state index in [9.17, 15) is 0 Å². The average molecular weight is 676 g/mol. The molecular weight excluding hydrogens is 643 g/mol. The summed E-state index contributed by atoms with van der Waals surface area (Å²) < 4.78 is 7.29. The minimum absolute atomic E-state index is 1.11. The molecule has 0 aliphatic carbocycles. The monoisotopic (exact) mass is 675 g/mol. The van der Waals surface area contributed by atoms with E-state index in [-0.39, 0.29) is 0 Å². The van der Waals surface area contributed by atoms with Gasteiger partial charge in [0, 0.05) is 50.2 Å². The smallest absolute Gasteiger partial charge is 0.0788 e. The van der Waals surface area contributed by atoms with Crippen LogP contribution in [-0.4, -0.2) is 13.7 Å². The van der Waals surface area contributed by atoms with Crippen LogP contribution < -0.4 is 0 Å². The molecule has 0 radical (unpaired) electrons. The van der Waals surface area contributed by atoms with E-state index in [0.29, 0.717) is 0 Å². The summed E-state index contributed by atoms with van der Waals surface area (Å²) in [7, 11) is 0. The molecule has 0 saturated carbocycles. The molecule has 8 aromatic carbocycles. The van der Waals surface area contributed by atoms with Gasteiger partial charge < -0.3 is 13.7 Å². The first-order valence-electron chi connectivity index (χ1n) is 18.2. The van der Waals surface area contributed by atoms with Gasteiger partial charge in [0.2, 0.25) is 0 Å². The third-order valence-electron chi connectivity index (χ3n) is 10.8. The molecule has 248 valence electrons. The topological polar surface area (TPSA) is 14.8 Å². The van der Waals surface area contributed by atoms with Crippen LogP contribution >= 0.6 is 0 Å². The molecule has 3 nitrogen and oxygen atoms in total. The van der Waals surface area contributed by atoms with Crippen molar-refractivity contribution in [1.29, 1.82) is 0 Å². The van der Waals surface area contributed by atoms with E-state index in [4.69, 9.17) is 0 Å². The van der Waals surface area contributed by atoms with Crippen LogP contribution in [0.3, 0.4) is 0 Å².